The second-order valence-corrected chi connectivity index (χ2v) is 8.23. The second-order valence-electron chi connectivity index (χ2n) is 6.35. The van der Waals surface area contributed by atoms with Crippen LogP contribution in [-0.2, 0) is 16.6 Å². The molecule has 1 amide bonds. The molecule has 0 aliphatic carbocycles. The van der Waals surface area contributed by atoms with Gasteiger partial charge in [0.05, 0.1) is 16.6 Å². The molecule has 2 aromatic rings. The Morgan fingerprint density at radius 2 is 1.96 bits per heavy atom. The number of hydrogen-bond acceptors (Lipinski definition) is 4. The average Bonchev–Trinajstić information content (AvgIpc) is 3.10. The highest BCUT2D eigenvalue weighted by Gasteiger charge is 2.24. The SMILES string of the molecule is CCCN1CCN(C(=O)c2ccc(CS(=O)c3cccc(Cl)c3)o2)CC1. The highest BCUT2D eigenvalue weighted by Crippen LogP contribution is 2.19. The van der Waals surface area contributed by atoms with Gasteiger partial charge in [-0.15, -0.1) is 0 Å². The summed E-state index contributed by atoms with van der Waals surface area (Å²) in [5, 5.41) is 0.549. The van der Waals surface area contributed by atoms with Gasteiger partial charge < -0.3 is 9.32 Å². The molecule has 7 heteroatoms. The summed E-state index contributed by atoms with van der Waals surface area (Å²) in [7, 11) is -1.27. The van der Waals surface area contributed by atoms with Crippen LogP contribution >= 0.6 is 11.6 Å². The van der Waals surface area contributed by atoms with Gasteiger partial charge in [-0.2, -0.15) is 0 Å². The highest BCUT2D eigenvalue weighted by atomic mass is 35.5. The number of hydrogen-bond donors (Lipinski definition) is 0. The maximum Gasteiger partial charge on any atom is 0.289 e. The largest absolute Gasteiger partial charge is 0.455 e. The molecule has 0 bridgehead atoms. The van der Waals surface area contributed by atoms with Crippen LogP contribution in [0.15, 0.2) is 45.7 Å². The minimum absolute atomic E-state index is 0.0964. The molecule has 1 aromatic heterocycles. The third-order valence-corrected chi connectivity index (χ3v) is 5.97. The summed E-state index contributed by atoms with van der Waals surface area (Å²) in [6.45, 7) is 6.45. The molecule has 0 saturated carbocycles. The van der Waals surface area contributed by atoms with Crippen molar-refractivity contribution in [2.75, 3.05) is 32.7 Å². The summed E-state index contributed by atoms with van der Waals surface area (Å²) in [4.78, 5) is 17.4. The van der Waals surface area contributed by atoms with E-state index in [1.165, 1.54) is 0 Å². The molecule has 1 saturated heterocycles. The van der Waals surface area contributed by atoms with E-state index in [0.717, 1.165) is 26.1 Å². The normalized spacial score (nSPS) is 16.6. The molecular formula is C19H23ClN2O3S. The van der Waals surface area contributed by atoms with Gasteiger partial charge in [-0.1, -0.05) is 24.6 Å². The molecule has 3 rings (SSSR count). The Kier molecular flexibility index (Phi) is 6.51. The third kappa shape index (κ3) is 4.75. The Balaban J connectivity index is 1.59. The summed E-state index contributed by atoms with van der Waals surface area (Å²) in [5.41, 5.74) is 0. The number of furan rings is 1. The first kappa shape index (κ1) is 19.1. The first-order valence-electron chi connectivity index (χ1n) is 8.81. The van der Waals surface area contributed by atoms with E-state index in [-0.39, 0.29) is 11.7 Å². The van der Waals surface area contributed by atoms with Gasteiger partial charge in [0.2, 0.25) is 0 Å². The van der Waals surface area contributed by atoms with Crippen molar-refractivity contribution in [2.45, 2.75) is 24.0 Å². The van der Waals surface area contributed by atoms with Crippen LogP contribution in [0.2, 0.25) is 5.02 Å². The van der Waals surface area contributed by atoms with Gasteiger partial charge in [0.25, 0.3) is 5.91 Å². The number of benzene rings is 1. The molecule has 0 N–H and O–H groups in total. The lowest BCUT2D eigenvalue weighted by atomic mass is 10.2. The van der Waals surface area contributed by atoms with Crippen LogP contribution < -0.4 is 0 Å². The second kappa shape index (κ2) is 8.84. The van der Waals surface area contributed by atoms with Crippen LogP contribution in [0.1, 0.15) is 29.7 Å². The smallest absolute Gasteiger partial charge is 0.289 e. The van der Waals surface area contributed by atoms with Crippen molar-refractivity contribution in [3.8, 4) is 0 Å². The van der Waals surface area contributed by atoms with Crippen LogP contribution in [-0.4, -0.2) is 52.6 Å². The molecule has 1 aromatic carbocycles. The molecule has 0 radical (unpaired) electrons. The summed E-state index contributed by atoms with van der Waals surface area (Å²) in [6, 6.07) is 10.4. The Hall–Kier alpha value is -1.63. The maximum atomic E-state index is 12.6. The van der Waals surface area contributed by atoms with E-state index in [4.69, 9.17) is 16.0 Å². The predicted molar refractivity (Wildman–Crippen MR) is 103 cm³/mol. The molecule has 0 spiro atoms. The van der Waals surface area contributed by atoms with Crippen molar-refractivity contribution in [1.29, 1.82) is 0 Å². The van der Waals surface area contributed by atoms with E-state index in [0.29, 0.717) is 34.5 Å². The third-order valence-electron chi connectivity index (χ3n) is 4.40. The Bertz CT molecular complexity index is 785. The number of piperazine rings is 1. The fraction of sp³-hybridized carbons (Fsp3) is 0.421. The van der Waals surface area contributed by atoms with Gasteiger partial charge in [-0.25, -0.2) is 0 Å². The Labute approximate surface area is 161 Å². The Morgan fingerprint density at radius 1 is 1.19 bits per heavy atom. The zero-order valence-corrected chi connectivity index (χ0v) is 16.4. The van der Waals surface area contributed by atoms with Gasteiger partial charge in [0, 0.05) is 36.1 Å². The molecular weight excluding hydrogens is 372 g/mol. The summed E-state index contributed by atoms with van der Waals surface area (Å²) in [5.74, 6) is 0.974. The monoisotopic (exact) mass is 394 g/mol. The summed E-state index contributed by atoms with van der Waals surface area (Å²) < 4.78 is 18.1. The molecule has 26 heavy (non-hydrogen) atoms. The van der Waals surface area contributed by atoms with E-state index in [2.05, 4.69) is 11.8 Å². The van der Waals surface area contributed by atoms with E-state index in [9.17, 15) is 9.00 Å². The first-order valence-corrected chi connectivity index (χ1v) is 10.5. The predicted octanol–water partition coefficient (Wildman–Crippen LogP) is 3.41. The number of carbonyl (C=O) groups is 1. The summed E-state index contributed by atoms with van der Waals surface area (Å²) >= 11 is 5.94. The topological polar surface area (TPSA) is 53.8 Å². The van der Waals surface area contributed by atoms with Crippen LogP contribution in [0.25, 0.3) is 0 Å². The van der Waals surface area contributed by atoms with Crippen LogP contribution in [0, 0.1) is 0 Å². The average molecular weight is 395 g/mol. The lowest BCUT2D eigenvalue weighted by Crippen LogP contribution is -2.48. The van der Waals surface area contributed by atoms with Crippen molar-refractivity contribution in [3.63, 3.8) is 0 Å². The standard InChI is InChI=1S/C19H23ClN2O3S/c1-2-8-21-9-11-22(12-10-21)19(23)18-7-6-16(25-18)14-26(24)17-5-3-4-15(20)13-17/h3-7,13H,2,8-12,14H2,1H3. The van der Waals surface area contributed by atoms with Gasteiger partial charge in [-0.05, 0) is 43.3 Å². The fourth-order valence-corrected chi connectivity index (χ4v) is 4.36. The molecule has 1 atom stereocenters. The maximum absolute atomic E-state index is 12.6. The van der Waals surface area contributed by atoms with Crippen LogP contribution in [0.3, 0.4) is 0 Å². The van der Waals surface area contributed by atoms with Gasteiger partial charge in [0.1, 0.15) is 5.76 Å². The number of carbonyl (C=O) groups excluding carboxylic acids is 1. The Morgan fingerprint density at radius 3 is 2.65 bits per heavy atom. The van der Waals surface area contributed by atoms with Crippen molar-refractivity contribution in [2.24, 2.45) is 0 Å². The van der Waals surface area contributed by atoms with E-state index >= 15 is 0 Å². The van der Waals surface area contributed by atoms with Crippen molar-refractivity contribution < 1.29 is 13.4 Å². The number of nitrogens with zero attached hydrogens (tertiary/aromatic N) is 2. The molecule has 1 aliphatic heterocycles. The molecule has 1 aliphatic rings. The quantitative estimate of drug-likeness (QED) is 0.753. The van der Waals surface area contributed by atoms with E-state index in [1.54, 1.807) is 36.4 Å². The molecule has 1 unspecified atom stereocenters. The molecule has 2 heterocycles. The van der Waals surface area contributed by atoms with Gasteiger partial charge >= 0.3 is 0 Å². The van der Waals surface area contributed by atoms with E-state index in [1.807, 2.05) is 4.90 Å². The number of amides is 1. The highest BCUT2D eigenvalue weighted by molar-refractivity contribution is 7.84. The number of rotatable bonds is 6. The minimum Gasteiger partial charge on any atom is -0.455 e. The lowest BCUT2D eigenvalue weighted by Gasteiger charge is -2.34. The van der Waals surface area contributed by atoms with E-state index < -0.39 is 10.8 Å². The van der Waals surface area contributed by atoms with Gasteiger partial charge in [-0.3, -0.25) is 13.9 Å². The zero-order valence-electron chi connectivity index (χ0n) is 14.8. The minimum atomic E-state index is -1.27. The molecule has 5 nitrogen and oxygen atoms in total. The van der Waals surface area contributed by atoms with Crippen LogP contribution in [0.4, 0.5) is 0 Å². The van der Waals surface area contributed by atoms with Crippen molar-refractivity contribution >= 4 is 28.3 Å². The molecule has 1 fully saturated rings. The van der Waals surface area contributed by atoms with Crippen LogP contribution in [0.5, 0.6) is 0 Å². The fourth-order valence-electron chi connectivity index (χ4n) is 3.04. The number of halogens is 1. The molecule has 140 valence electrons. The first-order chi connectivity index (χ1) is 12.6. The lowest BCUT2D eigenvalue weighted by molar-refractivity contribution is 0.0605. The van der Waals surface area contributed by atoms with Gasteiger partial charge in [0.15, 0.2) is 5.76 Å². The van der Waals surface area contributed by atoms with Crippen molar-refractivity contribution in [3.05, 3.63) is 52.9 Å². The zero-order chi connectivity index (χ0) is 18.5. The van der Waals surface area contributed by atoms with Crippen molar-refractivity contribution in [1.82, 2.24) is 9.80 Å². The summed E-state index contributed by atoms with van der Waals surface area (Å²) in [6.07, 6.45) is 1.12.